The summed E-state index contributed by atoms with van der Waals surface area (Å²) < 4.78 is 10.8. The standard InChI is InChI=1S/C12H14ClN3O2/c1-3-9(14)12-16-15-11(18-12)8-5-4-7(13)6-10(8)17-2/h4-6,9H,3,14H2,1-2H3. The largest absolute Gasteiger partial charge is 0.496 e. The van der Waals surface area contributed by atoms with Gasteiger partial charge in [-0.15, -0.1) is 10.2 Å². The molecule has 0 saturated heterocycles. The van der Waals surface area contributed by atoms with Crippen molar-refractivity contribution in [3.8, 4) is 17.2 Å². The van der Waals surface area contributed by atoms with Gasteiger partial charge in [0.25, 0.3) is 5.89 Å². The Bertz CT molecular complexity index is 542. The van der Waals surface area contributed by atoms with Gasteiger partial charge in [0, 0.05) is 5.02 Å². The Labute approximate surface area is 110 Å². The van der Waals surface area contributed by atoms with Gasteiger partial charge in [-0.3, -0.25) is 0 Å². The van der Waals surface area contributed by atoms with Crippen LogP contribution in [-0.2, 0) is 0 Å². The van der Waals surface area contributed by atoms with Gasteiger partial charge >= 0.3 is 0 Å². The number of ether oxygens (including phenoxy) is 1. The molecule has 2 aromatic rings. The number of nitrogens with two attached hydrogens (primary N) is 1. The van der Waals surface area contributed by atoms with Crippen molar-refractivity contribution in [3.05, 3.63) is 29.1 Å². The summed E-state index contributed by atoms with van der Waals surface area (Å²) in [6.07, 6.45) is 0.736. The summed E-state index contributed by atoms with van der Waals surface area (Å²) in [7, 11) is 1.56. The number of hydrogen-bond donors (Lipinski definition) is 1. The quantitative estimate of drug-likeness (QED) is 0.922. The van der Waals surface area contributed by atoms with Gasteiger partial charge in [-0.25, -0.2) is 0 Å². The van der Waals surface area contributed by atoms with E-state index < -0.39 is 0 Å². The Morgan fingerprint density at radius 1 is 1.44 bits per heavy atom. The minimum Gasteiger partial charge on any atom is -0.496 e. The maximum atomic E-state index is 5.89. The Hall–Kier alpha value is -1.59. The summed E-state index contributed by atoms with van der Waals surface area (Å²) in [6, 6.07) is 4.96. The van der Waals surface area contributed by atoms with Crippen LogP contribution in [0.3, 0.4) is 0 Å². The molecule has 0 saturated carbocycles. The van der Waals surface area contributed by atoms with E-state index in [1.54, 1.807) is 25.3 Å². The van der Waals surface area contributed by atoms with Gasteiger partial charge in [0.05, 0.1) is 18.7 Å². The zero-order valence-electron chi connectivity index (χ0n) is 10.2. The number of hydrogen-bond acceptors (Lipinski definition) is 5. The van der Waals surface area contributed by atoms with Crippen LogP contribution in [0.25, 0.3) is 11.5 Å². The number of benzene rings is 1. The molecule has 18 heavy (non-hydrogen) atoms. The topological polar surface area (TPSA) is 74.2 Å². The first-order valence-corrected chi connectivity index (χ1v) is 5.96. The van der Waals surface area contributed by atoms with E-state index >= 15 is 0 Å². The SMILES string of the molecule is CCC(N)c1nnc(-c2ccc(Cl)cc2OC)o1. The molecule has 1 heterocycles. The van der Waals surface area contributed by atoms with E-state index in [4.69, 9.17) is 26.5 Å². The number of methoxy groups -OCH3 is 1. The zero-order valence-corrected chi connectivity index (χ0v) is 10.9. The first kappa shape index (κ1) is 12.9. The minimum atomic E-state index is -0.246. The fourth-order valence-electron chi connectivity index (χ4n) is 1.51. The molecule has 1 aromatic heterocycles. The first-order chi connectivity index (χ1) is 8.65. The Balaban J connectivity index is 2.39. The van der Waals surface area contributed by atoms with Crippen molar-refractivity contribution < 1.29 is 9.15 Å². The molecule has 0 amide bonds. The average Bonchev–Trinajstić information content (AvgIpc) is 2.87. The molecule has 2 rings (SSSR count). The van der Waals surface area contributed by atoms with E-state index in [2.05, 4.69) is 10.2 Å². The van der Waals surface area contributed by atoms with Crippen molar-refractivity contribution in [1.29, 1.82) is 0 Å². The van der Waals surface area contributed by atoms with Crippen LogP contribution in [0.5, 0.6) is 5.75 Å². The molecule has 5 nitrogen and oxygen atoms in total. The van der Waals surface area contributed by atoms with Gasteiger partial charge in [0.2, 0.25) is 5.89 Å². The lowest BCUT2D eigenvalue weighted by Crippen LogP contribution is -2.08. The molecule has 1 aromatic carbocycles. The van der Waals surface area contributed by atoms with Crippen molar-refractivity contribution in [2.75, 3.05) is 7.11 Å². The number of aromatic nitrogens is 2. The highest BCUT2D eigenvalue weighted by atomic mass is 35.5. The lowest BCUT2D eigenvalue weighted by Gasteiger charge is -2.05. The van der Waals surface area contributed by atoms with Crippen LogP contribution in [0, 0.1) is 0 Å². The molecule has 0 spiro atoms. The van der Waals surface area contributed by atoms with Gasteiger partial charge in [-0.1, -0.05) is 18.5 Å². The fourth-order valence-corrected chi connectivity index (χ4v) is 1.67. The molecule has 0 aliphatic rings. The smallest absolute Gasteiger partial charge is 0.251 e. The molecule has 0 fully saturated rings. The maximum absolute atomic E-state index is 5.89. The normalized spacial score (nSPS) is 12.4. The van der Waals surface area contributed by atoms with Crippen LogP contribution in [-0.4, -0.2) is 17.3 Å². The maximum Gasteiger partial charge on any atom is 0.251 e. The van der Waals surface area contributed by atoms with E-state index in [9.17, 15) is 0 Å². The van der Waals surface area contributed by atoms with E-state index in [1.807, 2.05) is 6.92 Å². The summed E-state index contributed by atoms with van der Waals surface area (Å²) in [6.45, 7) is 1.96. The summed E-state index contributed by atoms with van der Waals surface area (Å²) in [5.41, 5.74) is 6.53. The lowest BCUT2D eigenvalue weighted by molar-refractivity contribution is 0.411. The molecular formula is C12H14ClN3O2. The van der Waals surface area contributed by atoms with E-state index in [0.717, 1.165) is 6.42 Å². The summed E-state index contributed by atoms with van der Waals surface area (Å²) in [5.74, 6) is 1.38. The van der Waals surface area contributed by atoms with E-state index in [1.165, 1.54) is 0 Å². The molecule has 96 valence electrons. The molecule has 0 bridgehead atoms. The van der Waals surface area contributed by atoms with E-state index in [0.29, 0.717) is 28.1 Å². The first-order valence-electron chi connectivity index (χ1n) is 5.58. The Morgan fingerprint density at radius 3 is 2.89 bits per heavy atom. The van der Waals surface area contributed by atoms with Crippen molar-refractivity contribution in [1.82, 2.24) is 10.2 Å². The molecule has 6 heteroatoms. The number of halogens is 1. The summed E-state index contributed by atoms with van der Waals surface area (Å²) >= 11 is 5.89. The van der Waals surface area contributed by atoms with Crippen molar-refractivity contribution >= 4 is 11.6 Å². The van der Waals surface area contributed by atoms with Crippen molar-refractivity contribution in [3.63, 3.8) is 0 Å². The monoisotopic (exact) mass is 267 g/mol. The fraction of sp³-hybridized carbons (Fsp3) is 0.333. The zero-order chi connectivity index (χ0) is 13.1. The summed E-state index contributed by atoms with van der Waals surface area (Å²) in [4.78, 5) is 0. The second kappa shape index (κ2) is 5.37. The average molecular weight is 268 g/mol. The van der Waals surface area contributed by atoms with Gasteiger partial charge < -0.3 is 14.9 Å². The lowest BCUT2D eigenvalue weighted by atomic mass is 10.2. The summed E-state index contributed by atoms with van der Waals surface area (Å²) in [5, 5.41) is 8.49. The second-order valence-electron chi connectivity index (χ2n) is 3.80. The van der Waals surface area contributed by atoms with Crippen LogP contribution < -0.4 is 10.5 Å². The van der Waals surface area contributed by atoms with Gasteiger partial charge in [-0.2, -0.15) is 0 Å². The molecule has 2 N–H and O–H groups in total. The second-order valence-corrected chi connectivity index (χ2v) is 4.24. The van der Waals surface area contributed by atoms with Crippen molar-refractivity contribution in [2.24, 2.45) is 5.73 Å². The third-order valence-corrected chi connectivity index (χ3v) is 2.83. The van der Waals surface area contributed by atoms with Gasteiger partial charge in [0.15, 0.2) is 0 Å². The molecular weight excluding hydrogens is 254 g/mol. The minimum absolute atomic E-state index is 0.246. The van der Waals surface area contributed by atoms with Gasteiger partial charge in [0.1, 0.15) is 5.75 Å². The highest BCUT2D eigenvalue weighted by molar-refractivity contribution is 6.30. The Kier molecular flexibility index (Phi) is 3.84. The highest BCUT2D eigenvalue weighted by Gasteiger charge is 2.16. The Morgan fingerprint density at radius 2 is 2.22 bits per heavy atom. The van der Waals surface area contributed by atoms with Crippen LogP contribution in [0.4, 0.5) is 0 Å². The predicted molar refractivity (Wildman–Crippen MR) is 68.5 cm³/mol. The molecule has 1 unspecified atom stereocenters. The van der Waals surface area contributed by atoms with Gasteiger partial charge in [-0.05, 0) is 24.6 Å². The third-order valence-electron chi connectivity index (χ3n) is 2.59. The van der Waals surface area contributed by atoms with Crippen LogP contribution in [0.15, 0.2) is 22.6 Å². The van der Waals surface area contributed by atoms with Crippen molar-refractivity contribution in [2.45, 2.75) is 19.4 Å². The van der Waals surface area contributed by atoms with Crippen LogP contribution >= 0.6 is 11.6 Å². The third kappa shape index (κ3) is 2.47. The highest BCUT2D eigenvalue weighted by Crippen LogP contribution is 2.32. The van der Waals surface area contributed by atoms with E-state index in [-0.39, 0.29) is 6.04 Å². The van der Waals surface area contributed by atoms with Crippen LogP contribution in [0.1, 0.15) is 25.3 Å². The molecule has 0 aliphatic carbocycles. The predicted octanol–water partition coefficient (Wildman–Crippen LogP) is 2.81. The number of rotatable bonds is 4. The molecule has 0 aliphatic heterocycles. The molecule has 1 atom stereocenters. The molecule has 0 radical (unpaired) electrons. The number of nitrogens with zero attached hydrogens (tertiary/aromatic N) is 2. The van der Waals surface area contributed by atoms with Crippen LogP contribution in [0.2, 0.25) is 5.02 Å².